The number of fused-ring (bicyclic) bond motifs is 3. The molecule has 2 aromatic carbocycles. The van der Waals surface area contributed by atoms with Crippen molar-refractivity contribution in [3.05, 3.63) is 71.4 Å². The lowest BCUT2D eigenvalue weighted by molar-refractivity contribution is -0.130. The van der Waals surface area contributed by atoms with E-state index in [-0.39, 0.29) is 18.0 Å². The second-order valence-corrected chi connectivity index (χ2v) is 7.23. The van der Waals surface area contributed by atoms with Crippen molar-refractivity contribution in [3.63, 3.8) is 0 Å². The fourth-order valence-corrected chi connectivity index (χ4v) is 4.36. The summed E-state index contributed by atoms with van der Waals surface area (Å²) in [6, 6.07) is 18.5. The van der Waals surface area contributed by atoms with E-state index in [1.807, 2.05) is 29.2 Å². The number of rotatable bonds is 4. The van der Waals surface area contributed by atoms with Gasteiger partial charge in [-0.1, -0.05) is 68.3 Å². The number of nitrogens with one attached hydrogen (secondary N) is 1. The lowest BCUT2D eigenvalue weighted by Gasteiger charge is -2.41. The number of H-pyrrole nitrogens is 1. The zero-order chi connectivity index (χ0) is 18.8. The van der Waals surface area contributed by atoms with Gasteiger partial charge in [-0.05, 0) is 36.0 Å². The van der Waals surface area contributed by atoms with Crippen LogP contribution in [-0.2, 0) is 11.2 Å². The molecule has 1 aliphatic heterocycles. The number of benzene rings is 2. The number of nitrogens with zero attached hydrogens (tertiary/aromatic N) is 1. The Kier molecular flexibility index (Phi) is 4.73. The predicted octanol–water partition coefficient (Wildman–Crippen LogP) is 4.83. The molecule has 136 valence electrons. The van der Waals surface area contributed by atoms with E-state index in [4.69, 9.17) is 6.42 Å². The van der Waals surface area contributed by atoms with Crippen LogP contribution in [0.2, 0.25) is 0 Å². The van der Waals surface area contributed by atoms with Gasteiger partial charge in [0.1, 0.15) is 0 Å². The summed E-state index contributed by atoms with van der Waals surface area (Å²) in [6.45, 7) is 2.18. The van der Waals surface area contributed by atoms with Crippen LogP contribution in [0, 0.1) is 12.3 Å². The Morgan fingerprint density at radius 3 is 2.67 bits per heavy atom. The van der Waals surface area contributed by atoms with Crippen molar-refractivity contribution in [2.24, 2.45) is 0 Å². The van der Waals surface area contributed by atoms with Gasteiger partial charge in [-0.15, -0.1) is 6.42 Å². The van der Waals surface area contributed by atoms with E-state index < -0.39 is 0 Å². The van der Waals surface area contributed by atoms with Gasteiger partial charge < -0.3 is 9.88 Å². The van der Waals surface area contributed by atoms with Gasteiger partial charge in [0.15, 0.2) is 0 Å². The molecule has 2 atom stereocenters. The Bertz CT molecular complexity index is 996. The van der Waals surface area contributed by atoms with Crippen molar-refractivity contribution >= 4 is 16.8 Å². The number of hydrogen-bond acceptors (Lipinski definition) is 1. The van der Waals surface area contributed by atoms with Gasteiger partial charge >= 0.3 is 0 Å². The monoisotopic (exact) mass is 356 g/mol. The molecule has 1 N–H and O–H groups in total. The van der Waals surface area contributed by atoms with Crippen LogP contribution in [0.1, 0.15) is 49.0 Å². The maximum atomic E-state index is 12.8. The molecule has 0 bridgehead atoms. The Morgan fingerprint density at radius 1 is 1.19 bits per heavy atom. The topological polar surface area (TPSA) is 36.1 Å². The molecule has 0 saturated heterocycles. The molecule has 1 aliphatic rings. The molecule has 0 radical (unpaired) electrons. The summed E-state index contributed by atoms with van der Waals surface area (Å²) in [5.74, 6) is 2.15. The van der Waals surface area contributed by atoms with E-state index in [0.717, 1.165) is 42.5 Å². The number of carbonyl (C=O) groups is 1. The molecular weight excluding hydrogens is 332 g/mol. The molecule has 3 heteroatoms. The highest BCUT2D eigenvalue weighted by molar-refractivity contribution is 5.94. The largest absolute Gasteiger partial charge is 0.356 e. The lowest BCUT2D eigenvalue weighted by atomic mass is 9.86. The molecular formula is C24H24N2O. The smallest absolute Gasteiger partial charge is 0.299 e. The molecule has 4 rings (SSSR count). The van der Waals surface area contributed by atoms with E-state index in [1.165, 1.54) is 10.9 Å². The van der Waals surface area contributed by atoms with E-state index in [9.17, 15) is 4.79 Å². The molecule has 2 heterocycles. The Balaban J connectivity index is 1.93. The molecule has 0 saturated carbocycles. The predicted molar refractivity (Wildman–Crippen MR) is 109 cm³/mol. The van der Waals surface area contributed by atoms with Crippen LogP contribution in [-0.4, -0.2) is 21.8 Å². The number of unbranched alkanes of at least 4 members (excludes halogenated alkanes) is 1. The normalized spacial score (nSPS) is 18.9. The van der Waals surface area contributed by atoms with Crippen LogP contribution < -0.4 is 0 Å². The van der Waals surface area contributed by atoms with Crippen LogP contribution in [0.3, 0.4) is 0 Å². The number of hydrogen-bond donors (Lipinski definition) is 1. The van der Waals surface area contributed by atoms with Crippen molar-refractivity contribution in [3.8, 4) is 12.3 Å². The summed E-state index contributed by atoms with van der Waals surface area (Å²) in [5, 5.41) is 1.25. The van der Waals surface area contributed by atoms with Crippen molar-refractivity contribution < 1.29 is 4.79 Å². The van der Waals surface area contributed by atoms with Gasteiger partial charge in [0, 0.05) is 22.6 Å². The summed E-state index contributed by atoms with van der Waals surface area (Å²) in [7, 11) is 0. The molecule has 0 fully saturated rings. The van der Waals surface area contributed by atoms with Crippen LogP contribution in [0.5, 0.6) is 0 Å². The van der Waals surface area contributed by atoms with Crippen molar-refractivity contribution in [1.29, 1.82) is 0 Å². The minimum Gasteiger partial charge on any atom is -0.356 e. The summed E-state index contributed by atoms with van der Waals surface area (Å²) < 4.78 is 0. The lowest BCUT2D eigenvalue weighted by Crippen LogP contribution is -2.47. The zero-order valence-electron chi connectivity index (χ0n) is 15.6. The third-order valence-electron chi connectivity index (χ3n) is 5.60. The zero-order valence-corrected chi connectivity index (χ0v) is 15.6. The highest BCUT2D eigenvalue weighted by Crippen LogP contribution is 2.41. The summed E-state index contributed by atoms with van der Waals surface area (Å²) in [4.78, 5) is 18.3. The van der Waals surface area contributed by atoms with Gasteiger partial charge in [-0.2, -0.15) is 0 Å². The van der Waals surface area contributed by atoms with Crippen molar-refractivity contribution in [1.82, 2.24) is 9.88 Å². The first-order chi connectivity index (χ1) is 13.2. The van der Waals surface area contributed by atoms with Gasteiger partial charge in [-0.25, -0.2) is 0 Å². The van der Waals surface area contributed by atoms with Gasteiger partial charge in [0.05, 0.1) is 6.04 Å². The number of terminal acetylenes is 1. The number of para-hydroxylation sites is 1. The molecule has 0 spiro atoms. The first-order valence-corrected chi connectivity index (χ1v) is 9.68. The highest BCUT2D eigenvalue weighted by Gasteiger charge is 2.39. The second-order valence-electron chi connectivity index (χ2n) is 7.23. The Labute approximate surface area is 160 Å². The number of carbonyl (C=O) groups excluding carboxylic acids is 1. The van der Waals surface area contributed by atoms with E-state index in [2.05, 4.69) is 48.2 Å². The maximum Gasteiger partial charge on any atom is 0.299 e. The average molecular weight is 356 g/mol. The van der Waals surface area contributed by atoms with Crippen molar-refractivity contribution in [2.75, 3.05) is 0 Å². The van der Waals surface area contributed by atoms with E-state index in [0.29, 0.717) is 0 Å². The van der Waals surface area contributed by atoms with Crippen LogP contribution in [0.25, 0.3) is 10.9 Å². The summed E-state index contributed by atoms with van der Waals surface area (Å²) in [5.41, 5.74) is 4.63. The first kappa shape index (κ1) is 17.4. The van der Waals surface area contributed by atoms with Gasteiger partial charge in [0.2, 0.25) is 0 Å². The minimum absolute atomic E-state index is 0.116. The second kappa shape index (κ2) is 7.32. The molecule has 1 aromatic heterocycles. The number of aromatic nitrogens is 1. The Morgan fingerprint density at radius 2 is 1.93 bits per heavy atom. The summed E-state index contributed by atoms with van der Waals surface area (Å²) >= 11 is 0. The third kappa shape index (κ3) is 3.02. The highest BCUT2D eigenvalue weighted by atomic mass is 16.2. The fourth-order valence-electron chi connectivity index (χ4n) is 4.36. The summed E-state index contributed by atoms with van der Waals surface area (Å²) in [6.07, 6.45) is 9.57. The minimum atomic E-state index is -0.228. The quantitative estimate of drug-likeness (QED) is 0.668. The standard InChI is InChI=1S/C24H24N2O/c1-3-5-13-18-16-20-19-14-9-10-15-21(19)25-23(20)24(26(18)22(27)4-2)17-11-7-6-8-12-17/h2,6-12,14-15,18,24-25H,3,5,13,16H2,1H3. The third-order valence-corrected chi connectivity index (χ3v) is 5.60. The van der Waals surface area contributed by atoms with Crippen molar-refractivity contribution in [2.45, 2.75) is 44.7 Å². The molecule has 3 aromatic rings. The first-order valence-electron chi connectivity index (χ1n) is 9.68. The Hall–Kier alpha value is -2.99. The number of amides is 1. The maximum absolute atomic E-state index is 12.8. The van der Waals surface area contributed by atoms with E-state index >= 15 is 0 Å². The van der Waals surface area contributed by atoms with E-state index in [1.54, 1.807) is 0 Å². The molecule has 1 amide bonds. The SMILES string of the molecule is C#CC(=O)N1C(CCCC)Cc2c([nH]c3ccccc23)C1c1ccccc1. The number of aromatic amines is 1. The molecule has 0 aliphatic carbocycles. The van der Waals surface area contributed by atoms with Crippen LogP contribution >= 0.6 is 0 Å². The average Bonchev–Trinajstić information content (AvgIpc) is 3.09. The fraction of sp³-hybridized carbons (Fsp3) is 0.292. The van der Waals surface area contributed by atoms with Gasteiger partial charge in [-0.3, -0.25) is 4.79 Å². The van der Waals surface area contributed by atoms with Crippen LogP contribution in [0.15, 0.2) is 54.6 Å². The van der Waals surface area contributed by atoms with Gasteiger partial charge in [0.25, 0.3) is 5.91 Å². The molecule has 27 heavy (non-hydrogen) atoms. The van der Waals surface area contributed by atoms with Crippen LogP contribution in [0.4, 0.5) is 0 Å². The molecule has 2 unspecified atom stereocenters. The molecule has 3 nitrogen and oxygen atoms in total.